The van der Waals surface area contributed by atoms with Gasteiger partial charge in [-0.2, -0.15) is 0 Å². The molecule has 1 amide bonds. The van der Waals surface area contributed by atoms with Crippen molar-refractivity contribution in [1.29, 1.82) is 0 Å². The van der Waals surface area contributed by atoms with Crippen molar-refractivity contribution in [2.75, 3.05) is 13.6 Å². The molecule has 2 bridgehead atoms. The van der Waals surface area contributed by atoms with Crippen molar-refractivity contribution in [2.45, 2.75) is 50.2 Å². The van der Waals surface area contributed by atoms with Gasteiger partial charge in [-0.15, -0.1) is 0 Å². The molecule has 3 aromatic rings. The van der Waals surface area contributed by atoms with Gasteiger partial charge in [-0.25, -0.2) is 0 Å². The van der Waals surface area contributed by atoms with Crippen molar-refractivity contribution in [3.8, 4) is 0 Å². The van der Waals surface area contributed by atoms with E-state index in [4.69, 9.17) is 0 Å². The van der Waals surface area contributed by atoms with Crippen LogP contribution in [-0.2, 0) is 6.42 Å². The van der Waals surface area contributed by atoms with Gasteiger partial charge in [0.1, 0.15) is 0 Å². The third kappa shape index (κ3) is 3.46. The van der Waals surface area contributed by atoms with Crippen LogP contribution in [0.5, 0.6) is 0 Å². The molecule has 0 aliphatic carbocycles. The maximum absolute atomic E-state index is 13.5. The number of nitrogens with zero attached hydrogens (tertiary/aromatic N) is 2. The molecule has 3 heterocycles. The van der Waals surface area contributed by atoms with Gasteiger partial charge >= 0.3 is 0 Å². The van der Waals surface area contributed by atoms with Crippen LogP contribution in [0.3, 0.4) is 0 Å². The highest BCUT2D eigenvalue weighted by atomic mass is 16.2. The zero-order chi connectivity index (χ0) is 19.8. The number of carbonyl (C=O) groups excluding carboxylic acids is 1. The van der Waals surface area contributed by atoms with Gasteiger partial charge in [-0.05, 0) is 62.9 Å². The lowest BCUT2D eigenvalue weighted by Gasteiger charge is -2.42. The fraction of sp³-hybridized carbons (Fsp3) is 0.400. The van der Waals surface area contributed by atoms with Gasteiger partial charge in [0, 0.05) is 47.3 Å². The molecule has 0 radical (unpaired) electrons. The fourth-order valence-corrected chi connectivity index (χ4v) is 5.41. The summed E-state index contributed by atoms with van der Waals surface area (Å²) < 4.78 is 0. The summed E-state index contributed by atoms with van der Waals surface area (Å²) in [4.78, 5) is 21.6. The summed E-state index contributed by atoms with van der Waals surface area (Å²) in [6.45, 7) is 0.767. The zero-order valence-electron chi connectivity index (χ0n) is 17.1. The number of aromatic amines is 1. The Morgan fingerprint density at radius 2 is 1.72 bits per heavy atom. The number of hydrogen-bond acceptors (Lipinski definition) is 2. The molecule has 1 unspecified atom stereocenters. The molecule has 5 rings (SSSR count). The number of amides is 1. The van der Waals surface area contributed by atoms with Crippen molar-refractivity contribution in [1.82, 2.24) is 14.8 Å². The van der Waals surface area contributed by atoms with Gasteiger partial charge in [0.2, 0.25) is 0 Å². The summed E-state index contributed by atoms with van der Waals surface area (Å²) in [7, 11) is 2.26. The molecule has 29 heavy (non-hydrogen) atoms. The molecule has 0 saturated carbocycles. The van der Waals surface area contributed by atoms with Crippen LogP contribution in [-0.4, -0.2) is 52.4 Å². The maximum Gasteiger partial charge on any atom is 0.254 e. The Bertz CT molecular complexity index is 981. The van der Waals surface area contributed by atoms with E-state index in [2.05, 4.69) is 52.3 Å². The number of piperidine rings is 1. The first-order valence-corrected chi connectivity index (χ1v) is 10.8. The van der Waals surface area contributed by atoms with E-state index in [0.717, 1.165) is 31.4 Å². The lowest BCUT2D eigenvalue weighted by Crippen LogP contribution is -2.51. The third-order valence-electron chi connectivity index (χ3n) is 7.09. The fourth-order valence-electron chi connectivity index (χ4n) is 5.41. The summed E-state index contributed by atoms with van der Waals surface area (Å²) >= 11 is 0. The summed E-state index contributed by atoms with van der Waals surface area (Å²) in [6, 6.07) is 19.8. The van der Waals surface area contributed by atoms with Crippen LogP contribution in [0.1, 0.15) is 41.6 Å². The normalized spacial score (nSPS) is 24.1. The summed E-state index contributed by atoms with van der Waals surface area (Å²) in [6.07, 6.45) is 7.72. The first-order chi connectivity index (χ1) is 14.2. The number of carbonyl (C=O) groups is 1. The first-order valence-electron chi connectivity index (χ1n) is 10.8. The molecule has 4 heteroatoms. The monoisotopic (exact) mass is 387 g/mol. The predicted molar refractivity (Wildman–Crippen MR) is 117 cm³/mol. The number of benzene rings is 2. The van der Waals surface area contributed by atoms with Crippen molar-refractivity contribution in [3.05, 3.63) is 71.9 Å². The summed E-state index contributed by atoms with van der Waals surface area (Å²) in [5.74, 6) is 0.180. The van der Waals surface area contributed by atoms with E-state index in [9.17, 15) is 4.79 Å². The van der Waals surface area contributed by atoms with E-state index in [1.165, 1.54) is 29.3 Å². The van der Waals surface area contributed by atoms with Gasteiger partial charge < -0.3 is 14.8 Å². The van der Waals surface area contributed by atoms with Gasteiger partial charge in [-0.1, -0.05) is 36.4 Å². The average Bonchev–Trinajstić information content (AvgIpc) is 3.24. The molecule has 4 nitrogen and oxygen atoms in total. The topological polar surface area (TPSA) is 39.3 Å². The predicted octanol–water partition coefficient (Wildman–Crippen LogP) is 4.48. The van der Waals surface area contributed by atoms with E-state index < -0.39 is 0 Å². The number of para-hydroxylation sites is 1. The van der Waals surface area contributed by atoms with E-state index in [1.54, 1.807) is 0 Å². The van der Waals surface area contributed by atoms with Crippen molar-refractivity contribution >= 4 is 16.8 Å². The standard InChI is InChI=1S/C25H29N3O/c1-27-20-11-12-21(27)16-22(15-20)28(25(29)18-7-3-2-4-8-18)14-13-19-17-26-24-10-6-5-9-23(19)24/h2-10,17,20-22,26H,11-16H2,1H3/t20-,21+,22?. The van der Waals surface area contributed by atoms with E-state index in [0.29, 0.717) is 18.1 Å². The number of hydrogen-bond donors (Lipinski definition) is 1. The lowest BCUT2D eigenvalue weighted by atomic mass is 9.95. The summed E-state index contributed by atoms with van der Waals surface area (Å²) in [5.41, 5.74) is 3.26. The second-order valence-corrected chi connectivity index (χ2v) is 8.65. The highest BCUT2D eigenvalue weighted by Gasteiger charge is 2.41. The van der Waals surface area contributed by atoms with E-state index in [1.807, 2.05) is 30.3 Å². The molecule has 2 aliphatic rings. The minimum atomic E-state index is 0.180. The van der Waals surface area contributed by atoms with Crippen LogP contribution < -0.4 is 0 Å². The molecular formula is C25H29N3O. The largest absolute Gasteiger partial charge is 0.361 e. The van der Waals surface area contributed by atoms with Crippen LogP contribution in [0.25, 0.3) is 10.9 Å². The van der Waals surface area contributed by atoms with Crippen LogP contribution in [0.4, 0.5) is 0 Å². The third-order valence-corrected chi connectivity index (χ3v) is 7.09. The molecular weight excluding hydrogens is 358 g/mol. The molecule has 2 aromatic carbocycles. The van der Waals surface area contributed by atoms with Crippen molar-refractivity contribution in [3.63, 3.8) is 0 Å². The molecule has 2 fully saturated rings. The second kappa shape index (κ2) is 7.68. The SMILES string of the molecule is CN1[C@@H]2CC[C@H]1CC(N(CCc1c[nH]c3ccccc13)C(=O)c1ccccc1)C2. The minimum absolute atomic E-state index is 0.180. The van der Waals surface area contributed by atoms with Crippen LogP contribution in [0.2, 0.25) is 0 Å². The molecule has 3 atom stereocenters. The number of H-pyrrole nitrogens is 1. The van der Waals surface area contributed by atoms with Gasteiger partial charge in [-0.3, -0.25) is 4.79 Å². The average molecular weight is 388 g/mol. The number of aromatic nitrogens is 1. The Hall–Kier alpha value is -2.59. The Morgan fingerprint density at radius 3 is 2.48 bits per heavy atom. The molecule has 1 aromatic heterocycles. The van der Waals surface area contributed by atoms with Crippen LogP contribution in [0, 0.1) is 0 Å². The molecule has 1 N–H and O–H groups in total. The Morgan fingerprint density at radius 1 is 1.03 bits per heavy atom. The second-order valence-electron chi connectivity index (χ2n) is 8.65. The Labute approximate surface area is 172 Å². The lowest BCUT2D eigenvalue weighted by molar-refractivity contribution is 0.0488. The summed E-state index contributed by atoms with van der Waals surface area (Å²) in [5, 5.41) is 1.27. The number of nitrogens with one attached hydrogen (secondary N) is 1. The van der Waals surface area contributed by atoms with Gasteiger partial charge in [0.25, 0.3) is 5.91 Å². The molecule has 0 spiro atoms. The Kier molecular flexibility index (Phi) is 4.88. The highest BCUT2D eigenvalue weighted by molar-refractivity contribution is 5.94. The van der Waals surface area contributed by atoms with E-state index >= 15 is 0 Å². The van der Waals surface area contributed by atoms with Gasteiger partial charge in [0.15, 0.2) is 0 Å². The molecule has 150 valence electrons. The minimum Gasteiger partial charge on any atom is -0.361 e. The molecule has 2 saturated heterocycles. The van der Waals surface area contributed by atoms with Gasteiger partial charge in [0.05, 0.1) is 0 Å². The van der Waals surface area contributed by atoms with E-state index in [-0.39, 0.29) is 5.91 Å². The molecule has 2 aliphatic heterocycles. The smallest absolute Gasteiger partial charge is 0.254 e. The van der Waals surface area contributed by atoms with Crippen LogP contribution in [0.15, 0.2) is 60.8 Å². The maximum atomic E-state index is 13.5. The quantitative estimate of drug-likeness (QED) is 0.701. The van der Waals surface area contributed by atoms with Crippen molar-refractivity contribution < 1.29 is 4.79 Å². The highest BCUT2D eigenvalue weighted by Crippen LogP contribution is 2.37. The van der Waals surface area contributed by atoms with Crippen LogP contribution >= 0.6 is 0 Å². The number of fused-ring (bicyclic) bond motifs is 3. The zero-order valence-corrected chi connectivity index (χ0v) is 17.1. The Balaban J connectivity index is 1.40. The first kappa shape index (κ1) is 18.4. The number of rotatable bonds is 5. The van der Waals surface area contributed by atoms with Crippen molar-refractivity contribution in [2.24, 2.45) is 0 Å².